The van der Waals surface area contributed by atoms with Crippen molar-refractivity contribution < 1.29 is 19.4 Å². The van der Waals surface area contributed by atoms with Crippen LogP contribution in [0.25, 0.3) is 0 Å². The average molecular weight is 175 g/mol. The van der Waals surface area contributed by atoms with Crippen LogP contribution < -0.4 is 5.32 Å². The van der Waals surface area contributed by atoms with Crippen molar-refractivity contribution in [1.29, 1.82) is 0 Å². The van der Waals surface area contributed by atoms with E-state index in [0.29, 0.717) is 32.8 Å². The van der Waals surface area contributed by atoms with Crippen LogP contribution in [-0.4, -0.2) is 43.7 Å². The Labute approximate surface area is 70.7 Å². The minimum absolute atomic E-state index is 0.0469. The number of carbonyl (C=O) groups is 1. The Morgan fingerprint density at radius 3 is 3.00 bits per heavy atom. The Bertz CT molecular complexity index is 144. The molecule has 0 radical (unpaired) electrons. The average Bonchev–Trinajstić information content (AvgIpc) is 2.05. The molecule has 0 aromatic rings. The molecule has 1 atom stereocenters. The van der Waals surface area contributed by atoms with Gasteiger partial charge in [-0.25, -0.2) is 4.79 Å². The van der Waals surface area contributed by atoms with Crippen molar-refractivity contribution in [1.82, 2.24) is 5.32 Å². The van der Waals surface area contributed by atoms with E-state index < -0.39 is 6.09 Å². The molecule has 0 spiro atoms. The largest absolute Gasteiger partial charge is 0.465 e. The predicted octanol–water partition coefficient (Wildman–Crippen LogP) is 0.0595. The van der Waals surface area contributed by atoms with Crippen LogP contribution in [0.4, 0.5) is 4.79 Å². The molecule has 0 aromatic carbocycles. The van der Waals surface area contributed by atoms with Crippen molar-refractivity contribution >= 4 is 6.09 Å². The summed E-state index contributed by atoms with van der Waals surface area (Å²) in [6, 6.07) is 0. The maximum Gasteiger partial charge on any atom is 0.404 e. The van der Waals surface area contributed by atoms with Crippen LogP contribution in [0.2, 0.25) is 0 Å². The smallest absolute Gasteiger partial charge is 0.404 e. The van der Waals surface area contributed by atoms with Gasteiger partial charge >= 0.3 is 6.09 Å². The first-order valence-corrected chi connectivity index (χ1v) is 3.95. The number of hydrogen-bond donors (Lipinski definition) is 2. The van der Waals surface area contributed by atoms with Gasteiger partial charge in [0.25, 0.3) is 0 Å². The highest BCUT2D eigenvalue weighted by Crippen LogP contribution is 2.03. The van der Waals surface area contributed by atoms with Gasteiger partial charge in [0.1, 0.15) is 0 Å². The molecule has 1 amide bonds. The molecule has 0 saturated carbocycles. The highest BCUT2D eigenvalue weighted by molar-refractivity contribution is 5.64. The Kier molecular flexibility index (Phi) is 3.83. The van der Waals surface area contributed by atoms with Crippen molar-refractivity contribution in [2.24, 2.45) is 0 Å². The molecule has 5 heteroatoms. The molecule has 70 valence electrons. The third-order valence-electron chi connectivity index (χ3n) is 1.63. The Morgan fingerprint density at radius 2 is 2.42 bits per heavy atom. The molecule has 1 fully saturated rings. The quantitative estimate of drug-likeness (QED) is 0.636. The van der Waals surface area contributed by atoms with Crippen LogP contribution in [0.1, 0.15) is 6.42 Å². The van der Waals surface area contributed by atoms with Gasteiger partial charge in [0.05, 0.1) is 25.9 Å². The molecule has 1 aliphatic heterocycles. The third-order valence-corrected chi connectivity index (χ3v) is 1.63. The lowest BCUT2D eigenvalue weighted by molar-refractivity contribution is -0.0900. The summed E-state index contributed by atoms with van der Waals surface area (Å²) in [5, 5.41) is 10.5. The summed E-state index contributed by atoms with van der Waals surface area (Å²) >= 11 is 0. The molecule has 1 rings (SSSR count). The lowest BCUT2D eigenvalue weighted by Crippen LogP contribution is -2.33. The first-order chi connectivity index (χ1) is 5.79. The number of amides is 1. The first-order valence-electron chi connectivity index (χ1n) is 3.95. The molecule has 1 aliphatic rings. The second-order valence-corrected chi connectivity index (χ2v) is 2.59. The zero-order valence-corrected chi connectivity index (χ0v) is 6.78. The van der Waals surface area contributed by atoms with E-state index in [1.807, 2.05) is 0 Å². The summed E-state index contributed by atoms with van der Waals surface area (Å²) in [4.78, 5) is 10.1. The van der Waals surface area contributed by atoms with Crippen LogP contribution in [-0.2, 0) is 9.47 Å². The number of hydrogen-bond acceptors (Lipinski definition) is 3. The van der Waals surface area contributed by atoms with Gasteiger partial charge in [-0.2, -0.15) is 0 Å². The van der Waals surface area contributed by atoms with E-state index >= 15 is 0 Å². The number of nitrogens with one attached hydrogen (secondary N) is 1. The molecule has 5 nitrogen and oxygen atoms in total. The van der Waals surface area contributed by atoms with Crippen molar-refractivity contribution in [3.8, 4) is 0 Å². The van der Waals surface area contributed by atoms with Gasteiger partial charge in [-0.3, -0.25) is 0 Å². The summed E-state index contributed by atoms with van der Waals surface area (Å²) in [5.41, 5.74) is 0. The third kappa shape index (κ3) is 3.54. The van der Waals surface area contributed by atoms with E-state index in [0.717, 1.165) is 0 Å². The van der Waals surface area contributed by atoms with Crippen LogP contribution >= 0.6 is 0 Å². The molecular formula is C7H13NO4. The lowest BCUT2D eigenvalue weighted by Gasteiger charge is -2.22. The molecule has 1 heterocycles. The molecular weight excluding hydrogens is 162 g/mol. The summed E-state index contributed by atoms with van der Waals surface area (Å²) in [7, 11) is 0. The maximum absolute atomic E-state index is 10.1. The van der Waals surface area contributed by atoms with Gasteiger partial charge < -0.3 is 19.9 Å². The van der Waals surface area contributed by atoms with Crippen LogP contribution in [0, 0.1) is 0 Å². The Morgan fingerprint density at radius 1 is 1.58 bits per heavy atom. The Balaban J connectivity index is 2.01. The number of ether oxygens (including phenoxy) is 2. The summed E-state index contributed by atoms with van der Waals surface area (Å²) in [6.07, 6.45) is -0.274. The first kappa shape index (κ1) is 9.28. The topological polar surface area (TPSA) is 67.8 Å². The second-order valence-electron chi connectivity index (χ2n) is 2.59. The van der Waals surface area contributed by atoms with E-state index in [1.54, 1.807) is 0 Å². The summed E-state index contributed by atoms with van der Waals surface area (Å²) < 4.78 is 10.4. The normalized spacial score (nSPS) is 23.5. The molecule has 0 aromatic heterocycles. The second kappa shape index (κ2) is 4.95. The summed E-state index contributed by atoms with van der Waals surface area (Å²) in [5.74, 6) is 0. The van der Waals surface area contributed by atoms with Crippen molar-refractivity contribution in [3.63, 3.8) is 0 Å². The van der Waals surface area contributed by atoms with Gasteiger partial charge in [0, 0.05) is 6.54 Å². The van der Waals surface area contributed by atoms with E-state index in [4.69, 9.17) is 14.6 Å². The molecule has 0 aliphatic carbocycles. The molecule has 2 N–H and O–H groups in total. The fourth-order valence-electron chi connectivity index (χ4n) is 1.04. The maximum atomic E-state index is 10.1. The zero-order chi connectivity index (χ0) is 8.81. The standard InChI is InChI=1S/C7H13NO4/c9-7(10)8-2-1-6-5-11-3-4-12-6/h6,8H,1-5H2,(H,9,10). The SMILES string of the molecule is O=C(O)NCCC1COCCO1. The fourth-order valence-corrected chi connectivity index (χ4v) is 1.04. The Hall–Kier alpha value is -0.810. The monoisotopic (exact) mass is 175 g/mol. The molecule has 0 bridgehead atoms. The zero-order valence-electron chi connectivity index (χ0n) is 6.78. The van der Waals surface area contributed by atoms with Gasteiger partial charge in [-0.1, -0.05) is 0 Å². The molecule has 1 saturated heterocycles. The van der Waals surface area contributed by atoms with Gasteiger partial charge in [0.2, 0.25) is 0 Å². The van der Waals surface area contributed by atoms with Gasteiger partial charge in [-0.15, -0.1) is 0 Å². The molecule has 1 unspecified atom stereocenters. The van der Waals surface area contributed by atoms with Gasteiger partial charge in [0.15, 0.2) is 0 Å². The van der Waals surface area contributed by atoms with E-state index in [-0.39, 0.29) is 6.10 Å². The van der Waals surface area contributed by atoms with Crippen LogP contribution in [0.3, 0.4) is 0 Å². The fraction of sp³-hybridized carbons (Fsp3) is 0.857. The van der Waals surface area contributed by atoms with E-state index in [9.17, 15) is 4.79 Å². The lowest BCUT2D eigenvalue weighted by atomic mass is 10.2. The van der Waals surface area contributed by atoms with Crippen LogP contribution in [0.5, 0.6) is 0 Å². The number of carboxylic acid groups (broad SMARTS) is 1. The van der Waals surface area contributed by atoms with Crippen molar-refractivity contribution in [2.45, 2.75) is 12.5 Å². The minimum Gasteiger partial charge on any atom is -0.465 e. The predicted molar refractivity (Wildman–Crippen MR) is 41.2 cm³/mol. The molecule has 12 heavy (non-hydrogen) atoms. The highest BCUT2D eigenvalue weighted by atomic mass is 16.6. The highest BCUT2D eigenvalue weighted by Gasteiger charge is 2.13. The van der Waals surface area contributed by atoms with Crippen molar-refractivity contribution in [3.05, 3.63) is 0 Å². The van der Waals surface area contributed by atoms with E-state index in [1.165, 1.54) is 0 Å². The summed E-state index contributed by atoms with van der Waals surface area (Å²) in [6.45, 7) is 2.24. The van der Waals surface area contributed by atoms with Gasteiger partial charge in [-0.05, 0) is 6.42 Å². The van der Waals surface area contributed by atoms with Crippen molar-refractivity contribution in [2.75, 3.05) is 26.4 Å². The van der Waals surface area contributed by atoms with Crippen LogP contribution in [0.15, 0.2) is 0 Å². The minimum atomic E-state index is -0.994. The number of rotatable bonds is 3. The van der Waals surface area contributed by atoms with E-state index in [2.05, 4.69) is 5.32 Å².